The maximum atomic E-state index is 2.42. The molecule has 0 nitrogen and oxygen atoms in total. The lowest BCUT2D eigenvalue weighted by atomic mass is 9.84. The van der Waals surface area contributed by atoms with Gasteiger partial charge >= 0.3 is 0 Å². The van der Waals surface area contributed by atoms with E-state index in [-0.39, 0.29) is 0 Å². The molecule has 1 fully saturated rings. The molecular formula is C11H18. The van der Waals surface area contributed by atoms with E-state index < -0.39 is 0 Å². The van der Waals surface area contributed by atoms with Gasteiger partial charge in [0.15, 0.2) is 0 Å². The number of rotatable bonds is 3. The zero-order chi connectivity index (χ0) is 8.10. The highest BCUT2D eigenvalue weighted by atomic mass is 14.2. The van der Waals surface area contributed by atoms with Crippen LogP contribution in [0.15, 0.2) is 23.3 Å². The second-order valence-electron chi connectivity index (χ2n) is 3.19. The topological polar surface area (TPSA) is 0 Å². The van der Waals surface area contributed by atoms with Crippen LogP contribution in [0.3, 0.4) is 0 Å². The van der Waals surface area contributed by atoms with Crippen molar-refractivity contribution in [1.82, 2.24) is 0 Å². The fourth-order valence-electron chi connectivity index (χ4n) is 1.46. The minimum atomic E-state index is 1.28. The molecule has 1 rings (SSSR count). The molecule has 11 heavy (non-hydrogen) atoms. The van der Waals surface area contributed by atoms with E-state index >= 15 is 0 Å². The summed E-state index contributed by atoms with van der Waals surface area (Å²) in [5, 5.41) is 0. The Hall–Kier alpha value is -0.520. The average molecular weight is 150 g/mol. The number of unbranched alkanes of at least 4 members (excludes halogenated alkanes) is 2. The van der Waals surface area contributed by atoms with Crippen LogP contribution in [0.1, 0.15) is 46.0 Å². The monoisotopic (exact) mass is 150 g/mol. The molecule has 0 aromatic rings. The average Bonchev–Trinajstić information content (AvgIpc) is 1.97. The first-order chi connectivity index (χ1) is 5.38. The van der Waals surface area contributed by atoms with E-state index in [2.05, 4.69) is 26.0 Å². The summed E-state index contributed by atoms with van der Waals surface area (Å²) in [5.41, 5.74) is 3.20. The Morgan fingerprint density at radius 1 is 1.27 bits per heavy atom. The summed E-state index contributed by atoms with van der Waals surface area (Å²) in [6, 6.07) is 0. The van der Waals surface area contributed by atoms with Crippen molar-refractivity contribution in [2.45, 2.75) is 46.0 Å². The molecule has 0 bridgehead atoms. The summed E-state index contributed by atoms with van der Waals surface area (Å²) < 4.78 is 0. The number of hydrogen-bond acceptors (Lipinski definition) is 0. The lowest BCUT2D eigenvalue weighted by Crippen LogP contribution is -2.02. The van der Waals surface area contributed by atoms with Gasteiger partial charge in [0.25, 0.3) is 0 Å². The lowest BCUT2D eigenvalue weighted by Gasteiger charge is -2.21. The molecule has 1 aliphatic rings. The predicted molar refractivity (Wildman–Crippen MR) is 50.6 cm³/mol. The third kappa shape index (κ3) is 2.21. The van der Waals surface area contributed by atoms with Crippen molar-refractivity contribution in [2.75, 3.05) is 0 Å². The van der Waals surface area contributed by atoms with Crippen molar-refractivity contribution < 1.29 is 0 Å². The Morgan fingerprint density at radius 3 is 2.45 bits per heavy atom. The lowest BCUT2D eigenvalue weighted by molar-refractivity contribution is 0.773. The van der Waals surface area contributed by atoms with E-state index in [0.29, 0.717) is 0 Å². The summed E-state index contributed by atoms with van der Waals surface area (Å²) in [7, 11) is 0. The molecule has 1 saturated carbocycles. The van der Waals surface area contributed by atoms with Gasteiger partial charge in [0.2, 0.25) is 0 Å². The third-order valence-corrected chi connectivity index (χ3v) is 2.37. The van der Waals surface area contributed by atoms with E-state index in [1.807, 2.05) is 0 Å². The van der Waals surface area contributed by atoms with Crippen LogP contribution >= 0.6 is 0 Å². The van der Waals surface area contributed by atoms with Gasteiger partial charge in [-0.05, 0) is 37.3 Å². The van der Waals surface area contributed by atoms with Crippen molar-refractivity contribution >= 4 is 0 Å². The minimum absolute atomic E-state index is 1.28. The summed E-state index contributed by atoms with van der Waals surface area (Å²) in [6.45, 7) is 4.39. The molecule has 1 aliphatic carbocycles. The highest BCUT2D eigenvalue weighted by Gasteiger charge is 2.13. The fraction of sp³-hybridized carbons (Fsp3) is 0.636. The normalized spacial score (nSPS) is 24.2. The van der Waals surface area contributed by atoms with Gasteiger partial charge in [-0.2, -0.15) is 0 Å². The molecule has 0 saturated heterocycles. The Morgan fingerprint density at radius 2 is 2.00 bits per heavy atom. The van der Waals surface area contributed by atoms with Gasteiger partial charge in [-0.3, -0.25) is 0 Å². The molecule has 62 valence electrons. The van der Waals surface area contributed by atoms with E-state index in [9.17, 15) is 0 Å². The maximum Gasteiger partial charge on any atom is -0.0239 e. The third-order valence-electron chi connectivity index (χ3n) is 2.37. The predicted octanol–water partition coefficient (Wildman–Crippen LogP) is 3.84. The Labute approximate surface area is 70.0 Å². The molecule has 0 heterocycles. The van der Waals surface area contributed by atoms with Gasteiger partial charge in [0, 0.05) is 0 Å². The van der Waals surface area contributed by atoms with E-state index in [4.69, 9.17) is 0 Å². The first-order valence-electron chi connectivity index (χ1n) is 4.73. The highest BCUT2D eigenvalue weighted by molar-refractivity contribution is 5.38. The van der Waals surface area contributed by atoms with E-state index in [1.54, 1.807) is 11.1 Å². The zero-order valence-electron chi connectivity index (χ0n) is 7.69. The quantitative estimate of drug-likeness (QED) is 0.536. The van der Waals surface area contributed by atoms with Crippen LogP contribution in [0.2, 0.25) is 0 Å². The molecule has 0 aromatic carbocycles. The standard InChI is InChI=1S/C11H18/c1-3-5-6-7-11-9-8-10(11)4-2/h4,7H,3,5-6,8-9H2,1-2H3/b10-4+,11-7+. The minimum Gasteiger partial charge on any atom is -0.0842 e. The smallest absolute Gasteiger partial charge is 0.0239 e. The first-order valence-corrected chi connectivity index (χ1v) is 4.73. The number of hydrogen-bond donors (Lipinski definition) is 0. The van der Waals surface area contributed by atoms with Gasteiger partial charge in [-0.1, -0.05) is 31.9 Å². The zero-order valence-corrected chi connectivity index (χ0v) is 7.69. The summed E-state index contributed by atoms with van der Waals surface area (Å²) >= 11 is 0. The highest BCUT2D eigenvalue weighted by Crippen LogP contribution is 2.32. The van der Waals surface area contributed by atoms with Gasteiger partial charge in [-0.25, -0.2) is 0 Å². The molecule has 0 N–H and O–H groups in total. The van der Waals surface area contributed by atoms with Gasteiger partial charge in [0.1, 0.15) is 0 Å². The SMILES string of the molecule is C/C=C1\CC\C1=C/CCCC. The number of allylic oxidation sites excluding steroid dienone is 4. The second-order valence-corrected chi connectivity index (χ2v) is 3.19. The Balaban J connectivity index is 2.30. The maximum absolute atomic E-state index is 2.42. The molecule has 0 amide bonds. The molecule has 0 unspecified atom stereocenters. The van der Waals surface area contributed by atoms with Crippen LogP contribution in [-0.2, 0) is 0 Å². The van der Waals surface area contributed by atoms with Gasteiger partial charge in [-0.15, -0.1) is 0 Å². The molecule has 0 aromatic heterocycles. The van der Waals surface area contributed by atoms with Crippen LogP contribution in [-0.4, -0.2) is 0 Å². The molecule has 0 heteroatoms. The van der Waals surface area contributed by atoms with Crippen molar-refractivity contribution in [3.05, 3.63) is 23.3 Å². The molecular weight excluding hydrogens is 132 g/mol. The largest absolute Gasteiger partial charge is 0.0842 e. The van der Waals surface area contributed by atoms with Gasteiger partial charge in [0.05, 0.1) is 0 Å². The molecule has 0 spiro atoms. The Kier molecular flexibility index (Phi) is 3.41. The second kappa shape index (κ2) is 4.38. The van der Waals surface area contributed by atoms with Crippen molar-refractivity contribution in [3.8, 4) is 0 Å². The van der Waals surface area contributed by atoms with Crippen LogP contribution in [0.4, 0.5) is 0 Å². The first kappa shape index (κ1) is 8.58. The molecule has 0 aliphatic heterocycles. The van der Waals surface area contributed by atoms with Crippen molar-refractivity contribution in [3.63, 3.8) is 0 Å². The summed E-state index contributed by atoms with van der Waals surface area (Å²) in [6.07, 6.45) is 11.3. The van der Waals surface area contributed by atoms with Crippen molar-refractivity contribution in [1.29, 1.82) is 0 Å². The van der Waals surface area contributed by atoms with Crippen LogP contribution in [0, 0.1) is 0 Å². The summed E-state index contributed by atoms with van der Waals surface area (Å²) in [4.78, 5) is 0. The van der Waals surface area contributed by atoms with E-state index in [1.165, 1.54) is 32.1 Å². The van der Waals surface area contributed by atoms with Gasteiger partial charge < -0.3 is 0 Å². The van der Waals surface area contributed by atoms with Crippen LogP contribution < -0.4 is 0 Å². The van der Waals surface area contributed by atoms with Crippen LogP contribution in [0.25, 0.3) is 0 Å². The molecule has 0 radical (unpaired) electrons. The fourth-order valence-corrected chi connectivity index (χ4v) is 1.46. The van der Waals surface area contributed by atoms with E-state index in [0.717, 1.165) is 0 Å². The van der Waals surface area contributed by atoms with Crippen LogP contribution in [0.5, 0.6) is 0 Å². The summed E-state index contributed by atoms with van der Waals surface area (Å²) in [5.74, 6) is 0. The molecule has 0 atom stereocenters. The Bertz CT molecular complexity index is 172. The van der Waals surface area contributed by atoms with Crippen molar-refractivity contribution in [2.24, 2.45) is 0 Å².